The third-order valence-electron chi connectivity index (χ3n) is 4.92. The summed E-state index contributed by atoms with van der Waals surface area (Å²) in [6, 6.07) is 6.47. The highest BCUT2D eigenvalue weighted by Gasteiger charge is 2.28. The molecule has 1 amide bonds. The van der Waals surface area contributed by atoms with Crippen LogP contribution in [-0.4, -0.2) is 21.5 Å². The first kappa shape index (κ1) is 18.1. The molecule has 1 aromatic carbocycles. The summed E-state index contributed by atoms with van der Waals surface area (Å²) in [6.07, 6.45) is 5.08. The number of nitrogens with zero attached hydrogens (tertiary/aromatic N) is 1. The van der Waals surface area contributed by atoms with Crippen LogP contribution in [0.15, 0.2) is 40.1 Å². The van der Waals surface area contributed by atoms with E-state index in [-0.39, 0.29) is 24.3 Å². The molecule has 0 aliphatic heterocycles. The molecule has 0 radical (unpaired) electrons. The molecule has 1 saturated carbocycles. The zero-order chi connectivity index (χ0) is 18.7. The van der Waals surface area contributed by atoms with Crippen LogP contribution in [0.25, 0.3) is 0 Å². The van der Waals surface area contributed by atoms with Crippen molar-refractivity contribution in [3.8, 4) is 0 Å². The SMILES string of the molecule is Cc1cn(CC(=O)N[C@@H]2CCC[C@@H]2Cc2ccc(F)cc2)c(=O)[nH]c1=O. The molecule has 0 bridgehead atoms. The van der Waals surface area contributed by atoms with Gasteiger partial charge in [0.25, 0.3) is 5.56 Å². The van der Waals surface area contributed by atoms with Crippen LogP contribution in [0.1, 0.15) is 30.4 Å². The maximum atomic E-state index is 13.0. The number of carbonyl (C=O) groups excluding carboxylic acids is 1. The highest BCUT2D eigenvalue weighted by atomic mass is 19.1. The summed E-state index contributed by atoms with van der Waals surface area (Å²) in [6.45, 7) is 1.46. The largest absolute Gasteiger partial charge is 0.352 e. The second-order valence-electron chi connectivity index (χ2n) is 6.89. The number of amides is 1. The smallest absolute Gasteiger partial charge is 0.328 e. The van der Waals surface area contributed by atoms with Crippen molar-refractivity contribution in [3.63, 3.8) is 0 Å². The minimum absolute atomic E-state index is 0.0344. The topological polar surface area (TPSA) is 84.0 Å². The third-order valence-corrected chi connectivity index (χ3v) is 4.92. The highest BCUT2D eigenvalue weighted by Crippen LogP contribution is 2.29. The Morgan fingerprint density at radius 3 is 2.73 bits per heavy atom. The highest BCUT2D eigenvalue weighted by molar-refractivity contribution is 5.76. The van der Waals surface area contributed by atoms with Crippen molar-refractivity contribution in [3.05, 3.63) is 68.2 Å². The normalized spacial score (nSPS) is 19.5. The Morgan fingerprint density at radius 2 is 2.00 bits per heavy atom. The van der Waals surface area contributed by atoms with Gasteiger partial charge in [0.2, 0.25) is 5.91 Å². The van der Waals surface area contributed by atoms with E-state index in [1.807, 2.05) is 0 Å². The summed E-state index contributed by atoms with van der Waals surface area (Å²) in [7, 11) is 0. The van der Waals surface area contributed by atoms with Crippen molar-refractivity contribution in [1.29, 1.82) is 0 Å². The van der Waals surface area contributed by atoms with Gasteiger partial charge >= 0.3 is 5.69 Å². The molecule has 6 nitrogen and oxygen atoms in total. The van der Waals surface area contributed by atoms with Crippen LogP contribution in [0.2, 0.25) is 0 Å². The molecule has 2 atom stereocenters. The average molecular weight is 359 g/mol. The van der Waals surface area contributed by atoms with Gasteiger partial charge in [0.15, 0.2) is 0 Å². The Morgan fingerprint density at radius 1 is 1.27 bits per heavy atom. The molecule has 2 aromatic rings. The first-order valence-corrected chi connectivity index (χ1v) is 8.76. The second-order valence-corrected chi connectivity index (χ2v) is 6.89. The minimum Gasteiger partial charge on any atom is -0.352 e. The lowest BCUT2D eigenvalue weighted by molar-refractivity contribution is -0.122. The number of nitrogens with one attached hydrogen (secondary N) is 2. The Bertz CT molecular complexity index is 901. The number of carbonyl (C=O) groups is 1. The van der Waals surface area contributed by atoms with E-state index < -0.39 is 11.2 Å². The average Bonchev–Trinajstić information content (AvgIpc) is 3.01. The van der Waals surface area contributed by atoms with Gasteiger partial charge in [-0.3, -0.25) is 19.1 Å². The maximum absolute atomic E-state index is 13.0. The van der Waals surface area contributed by atoms with E-state index in [0.29, 0.717) is 11.5 Å². The van der Waals surface area contributed by atoms with Crippen molar-refractivity contribution in [1.82, 2.24) is 14.9 Å². The van der Waals surface area contributed by atoms with Crippen molar-refractivity contribution < 1.29 is 9.18 Å². The van der Waals surface area contributed by atoms with Crippen molar-refractivity contribution in [2.45, 2.75) is 45.2 Å². The van der Waals surface area contributed by atoms with Crippen LogP contribution in [-0.2, 0) is 17.8 Å². The molecule has 2 N–H and O–H groups in total. The number of halogens is 1. The van der Waals surface area contributed by atoms with Crippen molar-refractivity contribution >= 4 is 5.91 Å². The van der Waals surface area contributed by atoms with Gasteiger partial charge in [-0.1, -0.05) is 18.6 Å². The number of hydrogen-bond acceptors (Lipinski definition) is 3. The van der Waals surface area contributed by atoms with Crippen LogP contribution in [0.3, 0.4) is 0 Å². The van der Waals surface area contributed by atoms with Crippen LogP contribution in [0.5, 0.6) is 0 Å². The van der Waals surface area contributed by atoms with Gasteiger partial charge < -0.3 is 5.32 Å². The lowest BCUT2D eigenvalue weighted by Crippen LogP contribution is -2.42. The van der Waals surface area contributed by atoms with Crippen molar-refractivity contribution in [2.24, 2.45) is 5.92 Å². The minimum atomic E-state index is -0.593. The number of rotatable bonds is 5. The third kappa shape index (κ3) is 4.28. The predicted molar refractivity (Wildman–Crippen MR) is 95.4 cm³/mol. The van der Waals surface area contributed by atoms with Crippen LogP contribution >= 0.6 is 0 Å². The van der Waals surface area contributed by atoms with Crippen LogP contribution in [0, 0.1) is 18.7 Å². The zero-order valence-electron chi connectivity index (χ0n) is 14.6. The number of aromatic nitrogens is 2. The molecular weight excluding hydrogens is 337 g/mol. The summed E-state index contributed by atoms with van der Waals surface area (Å²) >= 11 is 0. The molecule has 0 spiro atoms. The monoisotopic (exact) mass is 359 g/mol. The fourth-order valence-electron chi connectivity index (χ4n) is 3.54. The number of H-pyrrole nitrogens is 1. The lowest BCUT2D eigenvalue weighted by atomic mass is 9.94. The van der Waals surface area contributed by atoms with E-state index in [4.69, 9.17) is 0 Å². The van der Waals surface area contributed by atoms with Crippen molar-refractivity contribution in [2.75, 3.05) is 0 Å². The van der Waals surface area contributed by atoms with E-state index in [9.17, 15) is 18.8 Å². The fraction of sp³-hybridized carbons (Fsp3) is 0.421. The van der Waals surface area contributed by atoms with Gasteiger partial charge in [0.1, 0.15) is 12.4 Å². The Balaban J connectivity index is 1.63. The van der Waals surface area contributed by atoms with Gasteiger partial charge in [-0.25, -0.2) is 9.18 Å². The first-order valence-electron chi connectivity index (χ1n) is 8.76. The first-order chi connectivity index (χ1) is 12.4. The lowest BCUT2D eigenvalue weighted by Gasteiger charge is -2.21. The van der Waals surface area contributed by atoms with Gasteiger partial charge in [-0.05, 0) is 49.8 Å². The van der Waals surface area contributed by atoms with Gasteiger partial charge in [0, 0.05) is 17.8 Å². The molecule has 1 aliphatic rings. The molecule has 0 unspecified atom stereocenters. The van der Waals surface area contributed by atoms with Gasteiger partial charge in [0.05, 0.1) is 0 Å². The van der Waals surface area contributed by atoms with Gasteiger partial charge in [-0.15, -0.1) is 0 Å². The van der Waals surface area contributed by atoms with Crippen LogP contribution < -0.4 is 16.6 Å². The molecular formula is C19H22FN3O3. The van der Waals surface area contributed by atoms with E-state index in [1.165, 1.54) is 22.9 Å². The molecule has 3 rings (SSSR count). The summed E-state index contributed by atoms with van der Waals surface area (Å²) in [5.74, 6) is -0.223. The predicted octanol–water partition coefficient (Wildman–Crippen LogP) is 1.51. The number of benzene rings is 1. The van der Waals surface area contributed by atoms with Crippen LogP contribution in [0.4, 0.5) is 4.39 Å². The number of aryl methyl sites for hydroxylation is 1. The number of hydrogen-bond donors (Lipinski definition) is 2. The fourth-order valence-corrected chi connectivity index (χ4v) is 3.54. The molecule has 0 saturated heterocycles. The Kier molecular flexibility index (Phi) is 5.35. The molecule has 1 heterocycles. The molecule has 1 aromatic heterocycles. The second kappa shape index (κ2) is 7.68. The molecule has 7 heteroatoms. The summed E-state index contributed by atoms with van der Waals surface area (Å²) < 4.78 is 14.2. The number of aromatic amines is 1. The standard InChI is InChI=1S/C19H22FN3O3/c1-12-10-23(19(26)22-18(12)25)11-17(24)21-16-4-2-3-14(16)9-13-5-7-15(20)8-6-13/h5-8,10,14,16H,2-4,9,11H2,1H3,(H,21,24)(H,22,25,26)/t14-,16-/m1/s1. The van der Waals surface area contributed by atoms with E-state index in [2.05, 4.69) is 10.3 Å². The summed E-state index contributed by atoms with van der Waals surface area (Å²) in [4.78, 5) is 37.7. The van der Waals surface area contributed by atoms with E-state index in [0.717, 1.165) is 31.2 Å². The molecule has 26 heavy (non-hydrogen) atoms. The molecule has 138 valence electrons. The van der Waals surface area contributed by atoms with Gasteiger partial charge in [-0.2, -0.15) is 0 Å². The van der Waals surface area contributed by atoms with E-state index in [1.54, 1.807) is 19.1 Å². The maximum Gasteiger partial charge on any atom is 0.328 e. The molecule has 1 aliphatic carbocycles. The molecule has 1 fully saturated rings. The Labute approximate surface area is 150 Å². The summed E-state index contributed by atoms with van der Waals surface area (Å²) in [5.41, 5.74) is 0.393. The zero-order valence-corrected chi connectivity index (χ0v) is 14.6. The van der Waals surface area contributed by atoms with E-state index >= 15 is 0 Å². The summed E-state index contributed by atoms with van der Waals surface area (Å²) in [5, 5.41) is 3.01. The Hall–Kier alpha value is -2.70. The quantitative estimate of drug-likeness (QED) is 0.849.